The van der Waals surface area contributed by atoms with Crippen molar-refractivity contribution in [1.82, 2.24) is 14.3 Å². The maximum atomic E-state index is 4.62. The van der Waals surface area contributed by atoms with E-state index in [1.165, 1.54) is 35.6 Å². The predicted molar refractivity (Wildman–Crippen MR) is 67.9 cm³/mol. The van der Waals surface area contributed by atoms with E-state index in [0.29, 0.717) is 0 Å². The van der Waals surface area contributed by atoms with Crippen molar-refractivity contribution in [2.24, 2.45) is 0 Å². The van der Waals surface area contributed by atoms with Crippen molar-refractivity contribution in [3.05, 3.63) is 26.4 Å². The molecule has 2 aromatic heterocycles. The number of pyridine rings is 1. The van der Waals surface area contributed by atoms with Crippen LogP contribution in [0.25, 0.3) is 11.5 Å². The number of aryl methyl sites for hydroxylation is 2. The van der Waals surface area contributed by atoms with Gasteiger partial charge >= 0.3 is 0 Å². The molecule has 0 saturated carbocycles. The van der Waals surface area contributed by atoms with E-state index >= 15 is 0 Å². The molecule has 2 heterocycles. The molecule has 0 spiro atoms. The summed E-state index contributed by atoms with van der Waals surface area (Å²) in [6, 6.07) is 4.20. The van der Waals surface area contributed by atoms with E-state index in [-0.39, 0.29) is 0 Å². The summed E-state index contributed by atoms with van der Waals surface area (Å²) in [6.45, 7) is 0. The van der Waals surface area contributed by atoms with Gasteiger partial charge in [0.15, 0.2) is 8.84 Å². The molecule has 2 aromatic rings. The molecule has 5 heteroatoms. The molecule has 0 aliphatic heterocycles. The average molecular weight is 329 g/mol. The van der Waals surface area contributed by atoms with Crippen LogP contribution in [0.1, 0.15) is 17.7 Å². The first-order chi connectivity index (χ1) is 7.33. The summed E-state index contributed by atoms with van der Waals surface area (Å²) in [5, 5.41) is 0. The molecule has 76 valence electrons. The number of aromatic nitrogens is 3. The lowest BCUT2D eigenvalue weighted by Gasteiger charge is -1.99. The predicted octanol–water partition coefficient (Wildman–Crippen LogP) is 2.69. The number of nitrogens with zero attached hydrogens (tertiary/aromatic N) is 3. The van der Waals surface area contributed by atoms with Crippen LogP contribution in [-0.4, -0.2) is 14.3 Å². The number of rotatable bonds is 1. The molecule has 0 bridgehead atoms. The number of hydrogen-bond acceptors (Lipinski definition) is 4. The topological polar surface area (TPSA) is 38.7 Å². The first-order valence-electron chi connectivity index (χ1n) is 4.81. The molecule has 0 unspecified atom stereocenters. The fourth-order valence-corrected chi connectivity index (χ4v) is 2.80. The van der Waals surface area contributed by atoms with Crippen LogP contribution in [0.15, 0.2) is 12.1 Å². The third kappa shape index (κ3) is 1.78. The lowest BCUT2D eigenvalue weighted by atomic mass is 10.2. The molecular formula is C10H8IN3S. The molecule has 1 aliphatic carbocycles. The normalized spacial score (nSPS) is 14.2. The van der Waals surface area contributed by atoms with Gasteiger partial charge in [-0.15, -0.1) is 0 Å². The Bertz CT molecular complexity index is 509. The smallest absolute Gasteiger partial charge is 0.192 e. The molecule has 0 radical (unpaired) electrons. The molecule has 1 aliphatic rings. The Morgan fingerprint density at radius 1 is 1.20 bits per heavy atom. The molecule has 0 aromatic carbocycles. The van der Waals surface area contributed by atoms with Gasteiger partial charge < -0.3 is 0 Å². The fourth-order valence-electron chi connectivity index (χ4n) is 1.85. The molecule has 3 rings (SSSR count). The van der Waals surface area contributed by atoms with Gasteiger partial charge in [-0.3, -0.25) is 0 Å². The third-order valence-electron chi connectivity index (χ3n) is 2.56. The molecule has 0 N–H and O–H groups in total. The summed E-state index contributed by atoms with van der Waals surface area (Å²) in [5.41, 5.74) is 3.54. The summed E-state index contributed by atoms with van der Waals surface area (Å²) in [6.07, 6.45) is 3.50. The van der Waals surface area contributed by atoms with E-state index in [9.17, 15) is 0 Å². The van der Waals surface area contributed by atoms with Crippen molar-refractivity contribution >= 4 is 34.1 Å². The number of fused-ring (bicyclic) bond motifs is 1. The van der Waals surface area contributed by atoms with Gasteiger partial charge in [-0.2, -0.15) is 4.37 Å². The summed E-state index contributed by atoms with van der Waals surface area (Å²) >= 11 is 3.60. The second-order valence-electron chi connectivity index (χ2n) is 3.53. The molecule has 0 saturated heterocycles. The highest BCUT2D eigenvalue weighted by atomic mass is 127. The van der Waals surface area contributed by atoms with Gasteiger partial charge in [0.2, 0.25) is 0 Å². The van der Waals surface area contributed by atoms with Crippen LogP contribution in [0.5, 0.6) is 0 Å². The summed E-state index contributed by atoms with van der Waals surface area (Å²) in [5.74, 6) is 0.763. The Labute approximate surface area is 105 Å². The van der Waals surface area contributed by atoms with E-state index in [0.717, 1.165) is 21.0 Å². The van der Waals surface area contributed by atoms with Crippen molar-refractivity contribution in [3.63, 3.8) is 0 Å². The van der Waals surface area contributed by atoms with Crippen LogP contribution in [-0.2, 0) is 12.8 Å². The van der Waals surface area contributed by atoms with Crippen LogP contribution >= 0.6 is 34.1 Å². The zero-order valence-corrected chi connectivity index (χ0v) is 10.9. The van der Waals surface area contributed by atoms with E-state index in [2.05, 4.69) is 43.0 Å². The minimum Gasteiger partial charge on any atom is -0.249 e. The highest BCUT2D eigenvalue weighted by Gasteiger charge is 2.14. The van der Waals surface area contributed by atoms with E-state index in [1.54, 1.807) is 0 Å². The Morgan fingerprint density at radius 3 is 2.93 bits per heavy atom. The van der Waals surface area contributed by atoms with Gasteiger partial charge in [0.05, 0.1) is 0 Å². The van der Waals surface area contributed by atoms with Crippen LogP contribution in [0.3, 0.4) is 0 Å². The molecule has 0 amide bonds. The lowest BCUT2D eigenvalue weighted by Crippen LogP contribution is -1.92. The van der Waals surface area contributed by atoms with Crippen molar-refractivity contribution in [1.29, 1.82) is 0 Å². The SMILES string of the molecule is Ic1nc(-c2ccc3c(n2)CCC3)ns1. The van der Waals surface area contributed by atoms with Gasteiger partial charge in [0.25, 0.3) is 0 Å². The maximum absolute atomic E-state index is 4.62. The van der Waals surface area contributed by atoms with Crippen molar-refractivity contribution < 1.29 is 0 Å². The Kier molecular flexibility index (Phi) is 2.44. The van der Waals surface area contributed by atoms with Crippen molar-refractivity contribution in [3.8, 4) is 11.5 Å². The minimum atomic E-state index is 0.763. The maximum Gasteiger partial charge on any atom is 0.192 e. The van der Waals surface area contributed by atoms with E-state index in [4.69, 9.17) is 0 Å². The van der Waals surface area contributed by atoms with Crippen molar-refractivity contribution in [2.45, 2.75) is 19.3 Å². The lowest BCUT2D eigenvalue weighted by molar-refractivity contribution is 0.899. The third-order valence-corrected chi connectivity index (χ3v) is 3.90. The van der Waals surface area contributed by atoms with E-state index < -0.39 is 0 Å². The van der Waals surface area contributed by atoms with Gasteiger partial charge in [-0.1, -0.05) is 6.07 Å². The molecule has 0 fully saturated rings. The second-order valence-corrected chi connectivity index (χ2v) is 6.03. The summed E-state index contributed by atoms with van der Waals surface area (Å²) in [7, 11) is 0. The van der Waals surface area contributed by atoms with Crippen molar-refractivity contribution in [2.75, 3.05) is 0 Å². The Balaban J connectivity index is 2.06. The Morgan fingerprint density at radius 2 is 2.13 bits per heavy atom. The van der Waals surface area contributed by atoms with Gasteiger partial charge in [0.1, 0.15) is 5.69 Å². The Hall–Kier alpha value is -0.560. The van der Waals surface area contributed by atoms with Gasteiger partial charge in [0, 0.05) is 5.69 Å². The average Bonchev–Trinajstić information content (AvgIpc) is 2.84. The van der Waals surface area contributed by atoms with Crippen LogP contribution in [0, 0.1) is 3.01 Å². The standard InChI is InChI=1S/C10H8IN3S/c11-10-13-9(14-15-10)8-5-4-6-2-1-3-7(6)12-8/h4-5H,1-3H2. The van der Waals surface area contributed by atoms with Crippen LogP contribution in [0.4, 0.5) is 0 Å². The first kappa shape index (κ1) is 9.65. The number of halogens is 1. The highest BCUT2D eigenvalue weighted by molar-refractivity contribution is 14.1. The quantitative estimate of drug-likeness (QED) is 0.755. The zero-order chi connectivity index (χ0) is 10.3. The first-order valence-corrected chi connectivity index (χ1v) is 6.66. The monoisotopic (exact) mass is 329 g/mol. The van der Waals surface area contributed by atoms with Crippen LogP contribution in [0.2, 0.25) is 0 Å². The second kappa shape index (κ2) is 3.79. The van der Waals surface area contributed by atoms with Crippen LogP contribution < -0.4 is 0 Å². The highest BCUT2D eigenvalue weighted by Crippen LogP contribution is 2.24. The molecule has 15 heavy (non-hydrogen) atoms. The molecule has 0 atom stereocenters. The van der Waals surface area contributed by atoms with E-state index in [1.807, 2.05) is 6.07 Å². The molecular weight excluding hydrogens is 321 g/mol. The number of hydrogen-bond donors (Lipinski definition) is 0. The molecule has 3 nitrogen and oxygen atoms in total. The zero-order valence-electron chi connectivity index (χ0n) is 7.90. The van der Waals surface area contributed by atoms with Gasteiger partial charge in [-0.05, 0) is 65.0 Å². The fraction of sp³-hybridized carbons (Fsp3) is 0.300. The summed E-state index contributed by atoms with van der Waals surface area (Å²) in [4.78, 5) is 8.95. The van der Waals surface area contributed by atoms with Gasteiger partial charge in [-0.25, -0.2) is 9.97 Å². The minimum absolute atomic E-state index is 0.763. The largest absolute Gasteiger partial charge is 0.249 e. The summed E-state index contributed by atoms with van der Waals surface area (Å²) < 4.78 is 5.23.